The van der Waals surface area contributed by atoms with Gasteiger partial charge in [0.15, 0.2) is 0 Å². The lowest BCUT2D eigenvalue weighted by Gasteiger charge is -2.17. The summed E-state index contributed by atoms with van der Waals surface area (Å²) in [5.74, 6) is 0.390. The summed E-state index contributed by atoms with van der Waals surface area (Å²) >= 11 is 0. The van der Waals surface area contributed by atoms with Gasteiger partial charge in [-0.3, -0.25) is 9.59 Å². The molecule has 1 N–H and O–H groups in total. The van der Waals surface area contributed by atoms with Crippen LogP contribution >= 0.6 is 0 Å². The van der Waals surface area contributed by atoms with Gasteiger partial charge >= 0.3 is 0 Å². The Morgan fingerprint density at radius 3 is 2.74 bits per heavy atom. The molecule has 1 fully saturated rings. The average Bonchev–Trinajstić information content (AvgIpc) is 2.94. The topological polar surface area (TPSA) is 67.9 Å². The third kappa shape index (κ3) is 4.69. The first-order valence-corrected chi connectivity index (χ1v) is 7.95. The number of benzene rings is 1. The molecule has 126 valence electrons. The highest BCUT2D eigenvalue weighted by molar-refractivity contribution is 6.00. The number of hydrogen-bond acceptors (Lipinski definition) is 4. The standard InChI is InChI=1S/C17H24N2O4/c1-3-23-15-7-5-14(6-8-15)19-12-13(11-16(19)20)17(21)18-9-4-10-22-2/h5-8,13H,3-4,9-12H2,1-2H3,(H,18,21). The van der Waals surface area contributed by atoms with Crippen LogP contribution in [0.1, 0.15) is 19.8 Å². The van der Waals surface area contributed by atoms with Crippen molar-refractivity contribution in [1.82, 2.24) is 5.32 Å². The molecular formula is C17H24N2O4. The van der Waals surface area contributed by atoms with Gasteiger partial charge in [0.25, 0.3) is 0 Å². The smallest absolute Gasteiger partial charge is 0.227 e. The van der Waals surface area contributed by atoms with E-state index in [2.05, 4.69) is 5.32 Å². The molecule has 0 aromatic heterocycles. The zero-order valence-corrected chi connectivity index (χ0v) is 13.7. The lowest BCUT2D eigenvalue weighted by atomic mass is 10.1. The van der Waals surface area contributed by atoms with Crippen LogP contribution in [0.25, 0.3) is 0 Å². The minimum atomic E-state index is -0.295. The lowest BCUT2D eigenvalue weighted by molar-refractivity contribution is -0.126. The van der Waals surface area contributed by atoms with Crippen molar-refractivity contribution in [1.29, 1.82) is 0 Å². The van der Waals surface area contributed by atoms with Crippen LogP contribution in [0.2, 0.25) is 0 Å². The van der Waals surface area contributed by atoms with E-state index in [4.69, 9.17) is 9.47 Å². The molecule has 1 atom stereocenters. The van der Waals surface area contributed by atoms with Crippen LogP contribution in [0.4, 0.5) is 5.69 Å². The number of amides is 2. The number of methoxy groups -OCH3 is 1. The van der Waals surface area contributed by atoms with Crippen LogP contribution < -0.4 is 15.0 Å². The van der Waals surface area contributed by atoms with Crippen LogP contribution in [-0.4, -0.2) is 45.2 Å². The summed E-state index contributed by atoms with van der Waals surface area (Å²) in [6.07, 6.45) is 1.02. The second-order valence-corrected chi connectivity index (χ2v) is 5.47. The Hall–Kier alpha value is -2.08. The van der Waals surface area contributed by atoms with Gasteiger partial charge in [0, 0.05) is 38.9 Å². The van der Waals surface area contributed by atoms with Crippen molar-refractivity contribution < 1.29 is 19.1 Å². The van der Waals surface area contributed by atoms with Crippen molar-refractivity contribution in [2.75, 3.05) is 38.3 Å². The van der Waals surface area contributed by atoms with Gasteiger partial charge in [0.05, 0.1) is 12.5 Å². The number of nitrogens with zero attached hydrogens (tertiary/aromatic N) is 1. The fourth-order valence-electron chi connectivity index (χ4n) is 2.59. The van der Waals surface area contributed by atoms with Crippen LogP contribution in [0.15, 0.2) is 24.3 Å². The Kier molecular flexibility index (Phi) is 6.40. The number of ether oxygens (including phenoxy) is 2. The normalized spacial score (nSPS) is 17.4. The van der Waals surface area contributed by atoms with E-state index < -0.39 is 0 Å². The second kappa shape index (κ2) is 8.53. The highest BCUT2D eigenvalue weighted by atomic mass is 16.5. The van der Waals surface area contributed by atoms with Crippen LogP contribution in [0.3, 0.4) is 0 Å². The third-order valence-corrected chi connectivity index (χ3v) is 3.78. The van der Waals surface area contributed by atoms with Gasteiger partial charge in [-0.25, -0.2) is 0 Å². The minimum Gasteiger partial charge on any atom is -0.494 e. The largest absolute Gasteiger partial charge is 0.494 e. The molecule has 6 heteroatoms. The molecule has 0 radical (unpaired) electrons. The lowest BCUT2D eigenvalue weighted by Crippen LogP contribution is -2.33. The van der Waals surface area contributed by atoms with Crippen molar-refractivity contribution in [3.05, 3.63) is 24.3 Å². The summed E-state index contributed by atoms with van der Waals surface area (Å²) in [6.45, 7) is 4.13. The number of nitrogens with one attached hydrogen (secondary N) is 1. The molecule has 1 saturated heterocycles. The summed E-state index contributed by atoms with van der Waals surface area (Å²) in [7, 11) is 1.63. The molecule has 1 unspecified atom stereocenters. The Labute approximate surface area is 136 Å². The van der Waals surface area contributed by atoms with E-state index in [1.807, 2.05) is 31.2 Å². The van der Waals surface area contributed by atoms with Crippen molar-refractivity contribution in [2.24, 2.45) is 5.92 Å². The molecule has 2 amide bonds. The molecule has 1 aromatic rings. The number of rotatable bonds is 8. The minimum absolute atomic E-state index is 0.0220. The summed E-state index contributed by atoms with van der Waals surface area (Å²) in [5, 5.41) is 2.86. The van der Waals surface area contributed by atoms with Crippen molar-refractivity contribution in [3.8, 4) is 5.75 Å². The van der Waals surface area contributed by atoms with Gasteiger partial charge in [-0.1, -0.05) is 0 Å². The van der Waals surface area contributed by atoms with Crippen molar-refractivity contribution >= 4 is 17.5 Å². The zero-order chi connectivity index (χ0) is 16.7. The third-order valence-electron chi connectivity index (χ3n) is 3.78. The maximum absolute atomic E-state index is 12.2. The molecule has 1 aromatic carbocycles. The molecule has 0 aliphatic carbocycles. The van der Waals surface area contributed by atoms with Crippen LogP contribution in [-0.2, 0) is 14.3 Å². The molecule has 1 aliphatic rings. The number of anilines is 1. The molecule has 0 bridgehead atoms. The predicted octanol–water partition coefficient (Wildman–Crippen LogP) is 1.59. The maximum Gasteiger partial charge on any atom is 0.227 e. The summed E-state index contributed by atoms with van der Waals surface area (Å²) in [5.41, 5.74) is 0.799. The van der Waals surface area contributed by atoms with Crippen LogP contribution in [0, 0.1) is 5.92 Å². The highest BCUT2D eigenvalue weighted by Gasteiger charge is 2.34. The molecule has 1 aliphatic heterocycles. The fourth-order valence-corrected chi connectivity index (χ4v) is 2.59. The molecule has 6 nitrogen and oxygen atoms in total. The zero-order valence-electron chi connectivity index (χ0n) is 13.7. The Balaban J connectivity index is 1.90. The Morgan fingerprint density at radius 2 is 2.09 bits per heavy atom. The highest BCUT2D eigenvalue weighted by Crippen LogP contribution is 2.26. The first kappa shape index (κ1) is 17.3. The van der Waals surface area contributed by atoms with E-state index in [-0.39, 0.29) is 24.2 Å². The Morgan fingerprint density at radius 1 is 1.35 bits per heavy atom. The second-order valence-electron chi connectivity index (χ2n) is 5.47. The van der Waals surface area contributed by atoms with E-state index in [9.17, 15) is 9.59 Å². The predicted molar refractivity (Wildman–Crippen MR) is 87.6 cm³/mol. The molecule has 2 rings (SSSR count). The average molecular weight is 320 g/mol. The first-order valence-electron chi connectivity index (χ1n) is 7.95. The first-order chi connectivity index (χ1) is 11.2. The fraction of sp³-hybridized carbons (Fsp3) is 0.529. The monoisotopic (exact) mass is 320 g/mol. The van der Waals surface area contributed by atoms with Gasteiger partial charge in [-0.15, -0.1) is 0 Å². The van der Waals surface area contributed by atoms with E-state index >= 15 is 0 Å². The molecule has 0 saturated carbocycles. The van der Waals surface area contributed by atoms with Gasteiger partial charge in [0.2, 0.25) is 11.8 Å². The maximum atomic E-state index is 12.2. The number of carbonyl (C=O) groups excluding carboxylic acids is 2. The molecule has 23 heavy (non-hydrogen) atoms. The van der Waals surface area contributed by atoms with Gasteiger partial charge < -0.3 is 19.7 Å². The van der Waals surface area contributed by atoms with E-state index in [0.29, 0.717) is 26.3 Å². The molecule has 1 heterocycles. The van der Waals surface area contributed by atoms with E-state index in [0.717, 1.165) is 17.9 Å². The molecular weight excluding hydrogens is 296 g/mol. The number of hydrogen-bond donors (Lipinski definition) is 1. The van der Waals surface area contributed by atoms with Gasteiger partial charge in [0.1, 0.15) is 5.75 Å². The van der Waals surface area contributed by atoms with Crippen LogP contribution in [0.5, 0.6) is 5.75 Å². The quantitative estimate of drug-likeness (QED) is 0.739. The van der Waals surface area contributed by atoms with Crippen molar-refractivity contribution in [2.45, 2.75) is 19.8 Å². The summed E-state index contributed by atoms with van der Waals surface area (Å²) in [4.78, 5) is 26.0. The Bertz CT molecular complexity index is 530. The summed E-state index contributed by atoms with van der Waals surface area (Å²) < 4.78 is 10.3. The SMILES string of the molecule is CCOc1ccc(N2CC(C(=O)NCCCOC)CC2=O)cc1. The molecule has 0 spiro atoms. The van der Waals surface area contributed by atoms with Crippen molar-refractivity contribution in [3.63, 3.8) is 0 Å². The van der Waals surface area contributed by atoms with E-state index in [1.165, 1.54) is 0 Å². The van der Waals surface area contributed by atoms with Gasteiger partial charge in [-0.05, 0) is 37.6 Å². The summed E-state index contributed by atoms with van der Waals surface area (Å²) in [6, 6.07) is 7.37. The van der Waals surface area contributed by atoms with E-state index in [1.54, 1.807) is 12.0 Å². The number of carbonyl (C=O) groups is 2. The van der Waals surface area contributed by atoms with Gasteiger partial charge in [-0.2, -0.15) is 0 Å².